The van der Waals surface area contributed by atoms with Crippen molar-refractivity contribution in [3.63, 3.8) is 0 Å². The van der Waals surface area contributed by atoms with Gasteiger partial charge in [-0.15, -0.1) is 0 Å². The molecule has 92 valence electrons. The second kappa shape index (κ2) is 5.67. The number of carboxylic acid groups (broad SMARTS) is 1. The van der Waals surface area contributed by atoms with E-state index in [0.29, 0.717) is 21.9 Å². The summed E-state index contributed by atoms with van der Waals surface area (Å²) in [5.41, 5.74) is 0.729. The van der Waals surface area contributed by atoms with E-state index in [2.05, 4.69) is 15.9 Å². The molecule has 6 heteroatoms. The minimum Gasteiger partial charge on any atom is -0.492 e. The molecule has 1 rings (SSSR count). The zero-order valence-corrected chi connectivity index (χ0v) is 10.9. The van der Waals surface area contributed by atoms with Gasteiger partial charge in [0, 0.05) is 10.0 Å². The molecule has 0 saturated carbocycles. The first-order valence-electron chi connectivity index (χ1n) is 4.65. The number of carbonyl (C=O) groups is 2. The molecule has 0 spiro atoms. The third kappa shape index (κ3) is 2.76. The molecule has 0 radical (unpaired) electrons. The van der Waals surface area contributed by atoms with E-state index in [-0.39, 0.29) is 17.9 Å². The molecule has 0 atom stereocenters. The van der Waals surface area contributed by atoms with Gasteiger partial charge in [0.1, 0.15) is 0 Å². The molecular weight excluding hydrogens is 292 g/mol. The van der Waals surface area contributed by atoms with E-state index in [0.717, 1.165) is 0 Å². The van der Waals surface area contributed by atoms with Crippen molar-refractivity contribution < 1.29 is 24.2 Å². The number of rotatable bonds is 5. The lowest BCUT2D eigenvalue weighted by molar-refractivity contribution is -0.136. The van der Waals surface area contributed by atoms with Gasteiger partial charge >= 0.3 is 5.97 Å². The molecule has 0 aliphatic carbocycles. The number of halogens is 1. The van der Waals surface area contributed by atoms with Crippen LogP contribution in [0, 0.1) is 0 Å². The van der Waals surface area contributed by atoms with E-state index in [1.807, 2.05) is 0 Å². The third-order valence-electron chi connectivity index (χ3n) is 2.18. The molecule has 0 fully saturated rings. The van der Waals surface area contributed by atoms with Crippen molar-refractivity contribution in [1.82, 2.24) is 0 Å². The average molecular weight is 303 g/mol. The number of aldehydes is 1. The zero-order valence-electron chi connectivity index (χ0n) is 9.32. The first kappa shape index (κ1) is 13.5. The Morgan fingerprint density at radius 1 is 1.41 bits per heavy atom. The second-order valence-corrected chi connectivity index (χ2v) is 4.04. The summed E-state index contributed by atoms with van der Waals surface area (Å²) < 4.78 is 10.7. The second-order valence-electron chi connectivity index (χ2n) is 3.18. The third-order valence-corrected chi connectivity index (χ3v) is 2.88. The van der Waals surface area contributed by atoms with Gasteiger partial charge in [0.2, 0.25) is 0 Å². The first-order valence-corrected chi connectivity index (χ1v) is 5.44. The van der Waals surface area contributed by atoms with Crippen molar-refractivity contribution in [1.29, 1.82) is 0 Å². The molecule has 0 heterocycles. The summed E-state index contributed by atoms with van der Waals surface area (Å²) in [4.78, 5) is 21.6. The normalized spacial score (nSPS) is 9.82. The maximum absolute atomic E-state index is 10.9. The quantitative estimate of drug-likeness (QED) is 0.841. The van der Waals surface area contributed by atoms with Crippen molar-refractivity contribution in [3.8, 4) is 11.5 Å². The highest BCUT2D eigenvalue weighted by Gasteiger charge is 2.20. The van der Waals surface area contributed by atoms with Crippen LogP contribution in [-0.4, -0.2) is 31.6 Å². The van der Waals surface area contributed by atoms with Crippen molar-refractivity contribution >= 4 is 28.2 Å². The maximum Gasteiger partial charge on any atom is 0.308 e. The van der Waals surface area contributed by atoms with Gasteiger partial charge in [-0.1, -0.05) is 15.9 Å². The van der Waals surface area contributed by atoms with Gasteiger partial charge in [-0.05, 0) is 6.07 Å². The molecule has 5 nitrogen and oxygen atoms in total. The molecule has 0 unspecified atom stereocenters. The van der Waals surface area contributed by atoms with Gasteiger partial charge in [-0.3, -0.25) is 9.59 Å². The number of ether oxygens (including phenoxy) is 2. The van der Waals surface area contributed by atoms with E-state index >= 15 is 0 Å². The van der Waals surface area contributed by atoms with Crippen molar-refractivity contribution in [2.45, 2.75) is 6.42 Å². The standard InChI is InChI=1S/C11H11BrO5/c1-16-10-6(5-13)3-8(12)7(4-9(14)15)11(10)17-2/h3,5H,4H2,1-2H3,(H,14,15). The Labute approximate surface area is 106 Å². The van der Waals surface area contributed by atoms with Gasteiger partial charge < -0.3 is 14.6 Å². The van der Waals surface area contributed by atoms with Crippen LogP contribution in [0.25, 0.3) is 0 Å². The van der Waals surface area contributed by atoms with Crippen LogP contribution in [0.4, 0.5) is 0 Å². The smallest absolute Gasteiger partial charge is 0.308 e. The summed E-state index contributed by atoms with van der Waals surface area (Å²) in [6, 6.07) is 1.51. The van der Waals surface area contributed by atoms with E-state index in [1.54, 1.807) is 0 Å². The van der Waals surface area contributed by atoms with Crippen molar-refractivity contribution in [2.75, 3.05) is 14.2 Å². The Hall–Kier alpha value is -1.56. The summed E-state index contributed by atoms with van der Waals surface area (Å²) in [7, 11) is 2.79. The monoisotopic (exact) mass is 302 g/mol. The number of methoxy groups -OCH3 is 2. The highest BCUT2D eigenvalue weighted by atomic mass is 79.9. The fourth-order valence-corrected chi connectivity index (χ4v) is 2.06. The number of aliphatic carboxylic acids is 1. The Balaban J connectivity index is 3.48. The van der Waals surface area contributed by atoms with Crippen LogP contribution in [0.1, 0.15) is 15.9 Å². The zero-order chi connectivity index (χ0) is 13.0. The molecule has 0 aliphatic rings. The Bertz CT molecular complexity index is 456. The van der Waals surface area contributed by atoms with Crippen molar-refractivity contribution in [3.05, 3.63) is 21.7 Å². The van der Waals surface area contributed by atoms with Crippen LogP contribution in [-0.2, 0) is 11.2 Å². The SMILES string of the molecule is COc1c(C=O)cc(Br)c(CC(=O)O)c1OC. The van der Waals surface area contributed by atoms with E-state index < -0.39 is 5.97 Å². The molecule has 1 aromatic carbocycles. The molecule has 17 heavy (non-hydrogen) atoms. The number of benzene rings is 1. The lowest BCUT2D eigenvalue weighted by atomic mass is 10.1. The molecule has 0 aromatic heterocycles. The van der Waals surface area contributed by atoms with Gasteiger partial charge in [0.05, 0.1) is 26.2 Å². The van der Waals surface area contributed by atoms with Crippen LogP contribution in [0.3, 0.4) is 0 Å². The number of hydrogen-bond acceptors (Lipinski definition) is 4. The number of carboxylic acids is 1. The van der Waals surface area contributed by atoms with Crippen LogP contribution in [0.15, 0.2) is 10.5 Å². The van der Waals surface area contributed by atoms with E-state index in [1.165, 1.54) is 20.3 Å². The molecular formula is C11H11BrO5. The number of carbonyl (C=O) groups excluding carboxylic acids is 1. The predicted molar refractivity (Wildman–Crippen MR) is 64.0 cm³/mol. The predicted octanol–water partition coefficient (Wildman–Crippen LogP) is 1.91. The minimum absolute atomic E-state index is 0.223. The summed E-state index contributed by atoms with van der Waals surface area (Å²) in [5.74, 6) is -0.502. The number of hydrogen-bond donors (Lipinski definition) is 1. The summed E-state index contributed by atoms with van der Waals surface area (Å²) in [5, 5.41) is 8.81. The highest BCUT2D eigenvalue weighted by Crippen LogP contribution is 2.39. The van der Waals surface area contributed by atoms with Gasteiger partial charge in [0.25, 0.3) is 0 Å². The van der Waals surface area contributed by atoms with Gasteiger partial charge in [-0.25, -0.2) is 0 Å². The average Bonchev–Trinajstić information content (AvgIpc) is 2.30. The maximum atomic E-state index is 10.9. The Morgan fingerprint density at radius 3 is 2.41 bits per heavy atom. The molecule has 1 N–H and O–H groups in total. The van der Waals surface area contributed by atoms with Crippen LogP contribution in [0.2, 0.25) is 0 Å². The molecule has 0 amide bonds. The summed E-state index contributed by atoms with van der Waals surface area (Å²) in [6.45, 7) is 0. The van der Waals surface area contributed by atoms with Crippen LogP contribution < -0.4 is 9.47 Å². The largest absolute Gasteiger partial charge is 0.492 e. The highest BCUT2D eigenvalue weighted by molar-refractivity contribution is 9.10. The van der Waals surface area contributed by atoms with Gasteiger partial charge in [0.15, 0.2) is 17.8 Å². The first-order chi connectivity index (χ1) is 8.04. The summed E-state index contributed by atoms with van der Waals surface area (Å²) >= 11 is 3.21. The fourth-order valence-electron chi connectivity index (χ4n) is 1.50. The molecule has 1 aromatic rings. The topological polar surface area (TPSA) is 72.8 Å². The van der Waals surface area contributed by atoms with E-state index in [4.69, 9.17) is 14.6 Å². The Morgan fingerprint density at radius 2 is 2.00 bits per heavy atom. The van der Waals surface area contributed by atoms with Gasteiger partial charge in [-0.2, -0.15) is 0 Å². The minimum atomic E-state index is -0.995. The molecule has 0 aliphatic heterocycles. The lowest BCUT2D eigenvalue weighted by Crippen LogP contribution is -2.06. The molecule has 0 bridgehead atoms. The lowest BCUT2D eigenvalue weighted by Gasteiger charge is -2.15. The molecule has 0 saturated heterocycles. The fraction of sp³-hybridized carbons (Fsp3) is 0.273. The van der Waals surface area contributed by atoms with E-state index in [9.17, 15) is 9.59 Å². The van der Waals surface area contributed by atoms with Crippen molar-refractivity contribution in [2.24, 2.45) is 0 Å². The Kier molecular flexibility index (Phi) is 4.51. The van der Waals surface area contributed by atoms with Crippen LogP contribution in [0.5, 0.6) is 11.5 Å². The summed E-state index contributed by atoms with van der Waals surface area (Å²) in [6.07, 6.45) is 0.399. The van der Waals surface area contributed by atoms with Crippen LogP contribution >= 0.6 is 15.9 Å².